The van der Waals surface area contributed by atoms with Crippen molar-refractivity contribution in [2.24, 2.45) is 0 Å². The fourth-order valence-corrected chi connectivity index (χ4v) is 2.80. The van der Waals surface area contributed by atoms with Gasteiger partial charge in [0.1, 0.15) is 0 Å². The smallest absolute Gasteiger partial charge is 0.337 e. The molecule has 1 heterocycles. The molecule has 0 aliphatic heterocycles. The molecule has 2 rings (SSSR count). The summed E-state index contributed by atoms with van der Waals surface area (Å²) in [5.41, 5.74) is 4.80. The van der Waals surface area contributed by atoms with Crippen molar-refractivity contribution < 1.29 is 9.90 Å². The number of fused-ring (bicyclic) bond motifs is 1. The lowest BCUT2D eigenvalue weighted by atomic mass is 10.0. The predicted molar refractivity (Wildman–Crippen MR) is 82.7 cm³/mol. The third-order valence-electron chi connectivity index (χ3n) is 4.17. The topological polar surface area (TPSA) is 42.2 Å². The molecule has 0 bridgehead atoms. The Labute approximate surface area is 120 Å². The first kappa shape index (κ1) is 14.6. The van der Waals surface area contributed by atoms with Gasteiger partial charge in [0.05, 0.1) is 11.1 Å². The fourth-order valence-electron chi connectivity index (χ4n) is 2.80. The van der Waals surface area contributed by atoms with Gasteiger partial charge in [-0.05, 0) is 49.9 Å². The number of aromatic carboxylic acids is 1. The zero-order chi connectivity index (χ0) is 14.9. The summed E-state index contributed by atoms with van der Waals surface area (Å²) in [4.78, 5) is 11.6. The van der Waals surface area contributed by atoms with E-state index in [0.29, 0.717) is 5.56 Å². The Kier molecular flexibility index (Phi) is 4.17. The van der Waals surface area contributed by atoms with E-state index in [1.807, 2.05) is 6.07 Å². The molecule has 2 aromatic rings. The van der Waals surface area contributed by atoms with Gasteiger partial charge in [-0.25, -0.2) is 4.79 Å². The van der Waals surface area contributed by atoms with Crippen LogP contribution in [0.1, 0.15) is 53.9 Å². The van der Waals surface area contributed by atoms with E-state index in [1.165, 1.54) is 11.3 Å². The Morgan fingerprint density at radius 1 is 1.25 bits per heavy atom. The van der Waals surface area contributed by atoms with Crippen LogP contribution < -0.4 is 0 Å². The molecule has 20 heavy (non-hydrogen) atoms. The van der Waals surface area contributed by atoms with Crippen molar-refractivity contribution in [3.05, 3.63) is 34.5 Å². The van der Waals surface area contributed by atoms with Gasteiger partial charge >= 0.3 is 5.97 Å². The lowest BCUT2D eigenvalue weighted by Gasteiger charge is -2.10. The lowest BCUT2D eigenvalue weighted by Crippen LogP contribution is -2.06. The molecular weight excluding hydrogens is 250 g/mol. The van der Waals surface area contributed by atoms with Crippen LogP contribution in [0.15, 0.2) is 12.1 Å². The lowest BCUT2D eigenvalue weighted by molar-refractivity contribution is 0.0698. The van der Waals surface area contributed by atoms with Crippen molar-refractivity contribution >= 4 is 16.9 Å². The number of unbranched alkanes of at least 4 members (excludes halogenated alkanes) is 1. The molecule has 1 N–H and O–H groups in total. The Balaban J connectivity index is 2.79. The number of aromatic nitrogens is 1. The van der Waals surface area contributed by atoms with Gasteiger partial charge in [0.25, 0.3) is 0 Å². The number of hydrogen-bond acceptors (Lipinski definition) is 1. The molecule has 0 unspecified atom stereocenters. The second-order valence-corrected chi connectivity index (χ2v) is 5.41. The van der Waals surface area contributed by atoms with E-state index < -0.39 is 5.97 Å². The highest BCUT2D eigenvalue weighted by atomic mass is 16.4. The van der Waals surface area contributed by atoms with Crippen molar-refractivity contribution in [2.75, 3.05) is 0 Å². The van der Waals surface area contributed by atoms with Crippen LogP contribution in [0.3, 0.4) is 0 Å². The number of nitrogens with zero attached hydrogens (tertiary/aromatic N) is 1. The molecule has 108 valence electrons. The third-order valence-corrected chi connectivity index (χ3v) is 4.17. The van der Waals surface area contributed by atoms with Gasteiger partial charge in [0.15, 0.2) is 0 Å². The van der Waals surface area contributed by atoms with Gasteiger partial charge in [0.2, 0.25) is 0 Å². The summed E-state index contributed by atoms with van der Waals surface area (Å²) in [7, 11) is 0. The first-order valence-corrected chi connectivity index (χ1v) is 7.36. The second kappa shape index (κ2) is 5.70. The Bertz CT molecular complexity index is 653. The van der Waals surface area contributed by atoms with Crippen molar-refractivity contribution in [1.29, 1.82) is 0 Å². The second-order valence-electron chi connectivity index (χ2n) is 5.41. The minimum absolute atomic E-state index is 0.437. The maximum Gasteiger partial charge on any atom is 0.337 e. The third kappa shape index (κ3) is 2.33. The number of hydrogen-bond donors (Lipinski definition) is 1. The summed E-state index contributed by atoms with van der Waals surface area (Å²) in [5, 5.41) is 10.6. The van der Waals surface area contributed by atoms with E-state index in [9.17, 15) is 9.90 Å². The standard InChI is InChI=1S/C17H23NO2/c1-5-7-8-18-12(4)11(3)14-9-13(6-2)10-15(16(14)18)17(19)20/h9-10H,5-8H2,1-4H3,(H,19,20). The number of aryl methyl sites for hydroxylation is 3. The summed E-state index contributed by atoms with van der Waals surface area (Å²) >= 11 is 0. The maximum absolute atomic E-state index is 11.6. The molecule has 1 aromatic carbocycles. The largest absolute Gasteiger partial charge is 0.478 e. The number of rotatable bonds is 5. The van der Waals surface area contributed by atoms with E-state index in [1.54, 1.807) is 0 Å². The minimum atomic E-state index is -0.833. The maximum atomic E-state index is 11.6. The molecule has 0 radical (unpaired) electrons. The molecule has 0 atom stereocenters. The van der Waals surface area contributed by atoms with Crippen molar-refractivity contribution in [3.63, 3.8) is 0 Å². The van der Waals surface area contributed by atoms with E-state index in [-0.39, 0.29) is 0 Å². The molecule has 3 heteroatoms. The number of carboxylic acids is 1. The molecule has 0 aliphatic carbocycles. The molecule has 0 amide bonds. The fraction of sp³-hybridized carbons (Fsp3) is 0.471. The Hall–Kier alpha value is -1.77. The average Bonchev–Trinajstić information content (AvgIpc) is 2.68. The minimum Gasteiger partial charge on any atom is -0.478 e. The van der Waals surface area contributed by atoms with Gasteiger partial charge < -0.3 is 9.67 Å². The Morgan fingerprint density at radius 2 is 1.95 bits per heavy atom. The van der Waals surface area contributed by atoms with E-state index in [2.05, 4.69) is 38.3 Å². The summed E-state index contributed by atoms with van der Waals surface area (Å²) in [6.45, 7) is 9.27. The van der Waals surface area contributed by atoms with Crippen LogP contribution in [0.5, 0.6) is 0 Å². The van der Waals surface area contributed by atoms with E-state index >= 15 is 0 Å². The number of carboxylic acid groups (broad SMARTS) is 1. The summed E-state index contributed by atoms with van der Waals surface area (Å²) in [6.07, 6.45) is 3.03. The Morgan fingerprint density at radius 3 is 2.50 bits per heavy atom. The molecule has 0 saturated heterocycles. The van der Waals surface area contributed by atoms with Gasteiger partial charge in [-0.2, -0.15) is 0 Å². The molecule has 0 spiro atoms. The number of carbonyl (C=O) groups is 1. The molecule has 3 nitrogen and oxygen atoms in total. The normalized spacial score (nSPS) is 11.2. The van der Waals surface area contributed by atoms with Crippen molar-refractivity contribution in [3.8, 4) is 0 Å². The van der Waals surface area contributed by atoms with E-state index in [4.69, 9.17) is 0 Å². The molecule has 0 aliphatic rings. The van der Waals surface area contributed by atoms with Gasteiger partial charge in [-0.1, -0.05) is 20.3 Å². The number of benzene rings is 1. The van der Waals surface area contributed by atoms with E-state index in [0.717, 1.165) is 42.3 Å². The average molecular weight is 273 g/mol. The SMILES string of the molecule is CCCCn1c(C)c(C)c2cc(CC)cc(C(=O)O)c21. The van der Waals surface area contributed by atoms with Crippen LogP contribution in [0.4, 0.5) is 0 Å². The first-order valence-electron chi connectivity index (χ1n) is 7.36. The van der Waals surface area contributed by atoms with Gasteiger partial charge in [0, 0.05) is 17.6 Å². The molecular formula is C17H23NO2. The monoisotopic (exact) mass is 273 g/mol. The van der Waals surface area contributed by atoms with Crippen molar-refractivity contribution in [2.45, 2.75) is 53.5 Å². The van der Waals surface area contributed by atoms with Crippen LogP contribution in [0.2, 0.25) is 0 Å². The quantitative estimate of drug-likeness (QED) is 0.881. The predicted octanol–water partition coefficient (Wildman–Crippen LogP) is 4.32. The summed E-state index contributed by atoms with van der Waals surface area (Å²) in [5.74, 6) is -0.833. The van der Waals surface area contributed by atoms with Crippen molar-refractivity contribution in [1.82, 2.24) is 4.57 Å². The zero-order valence-electron chi connectivity index (χ0n) is 12.8. The zero-order valence-corrected chi connectivity index (χ0v) is 12.8. The summed E-state index contributed by atoms with van der Waals surface area (Å²) < 4.78 is 2.18. The molecule has 1 aromatic heterocycles. The highest BCUT2D eigenvalue weighted by Crippen LogP contribution is 2.30. The van der Waals surface area contributed by atoms with Crippen LogP contribution in [0, 0.1) is 13.8 Å². The van der Waals surface area contributed by atoms with Crippen LogP contribution in [-0.2, 0) is 13.0 Å². The molecule has 0 saturated carbocycles. The summed E-state index contributed by atoms with van der Waals surface area (Å²) in [6, 6.07) is 3.97. The van der Waals surface area contributed by atoms with Crippen LogP contribution in [-0.4, -0.2) is 15.6 Å². The van der Waals surface area contributed by atoms with Crippen LogP contribution >= 0.6 is 0 Å². The molecule has 0 fully saturated rings. The van der Waals surface area contributed by atoms with Crippen LogP contribution in [0.25, 0.3) is 10.9 Å². The first-order chi connectivity index (χ1) is 9.51. The highest BCUT2D eigenvalue weighted by Gasteiger charge is 2.18. The van der Waals surface area contributed by atoms with Gasteiger partial charge in [-0.3, -0.25) is 0 Å². The van der Waals surface area contributed by atoms with Gasteiger partial charge in [-0.15, -0.1) is 0 Å². The highest BCUT2D eigenvalue weighted by molar-refractivity contribution is 6.04.